The molecule has 1 rings (SSSR count). The van der Waals surface area contributed by atoms with Crippen molar-refractivity contribution in [2.75, 3.05) is 6.26 Å². The molecule has 96 valence electrons. The fourth-order valence-electron chi connectivity index (χ4n) is 1.34. The maximum Gasteiger partial charge on any atom is 0.265 e. The summed E-state index contributed by atoms with van der Waals surface area (Å²) in [5.41, 5.74) is 5.30. The van der Waals surface area contributed by atoms with Gasteiger partial charge in [0.15, 0.2) is 0 Å². The Balaban J connectivity index is 3.18. The number of benzene rings is 1. The van der Waals surface area contributed by atoms with Crippen LogP contribution in [0.2, 0.25) is 0 Å². The Labute approximate surface area is 98.5 Å². The third-order valence-electron chi connectivity index (χ3n) is 2.02. The average molecular weight is 265 g/mol. The molecule has 7 heteroatoms. The molecular formula is C10H13F2NO3S. The maximum atomic E-state index is 13.5. The fourth-order valence-corrected chi connectivity index (χ4v) is 2.00. The molecule has 2 N–H and O–H groups in total. The van der Waals surface area contributed by atoms with E-state index in [1.807, 2.05) is 0 Å². The minimum atomic E-state index is -3.82. The summed E-state index contributed by atoms with van der Waals surface area (Å²) in [6, 6.07) is 1.89. The van der Waals surface area contributed by atoms with Gasteiger partial charge in [0, 0.05) is 11.6 Å². The third kappa shape index (κ3) is 4.03. The summed E-state index contributed by atoms with van der Waals surface area (Å²) in [5, 5.41) is 0. The third-order valence-corrected chi connectivity index (χ3v) is 2.58. The molecular weight excluding hydrogens is 252 g/mol. The molecule has 1 aromatic rings. The molecule has 1 aromatic carbocycles. The van der Waals surface area contributed by atoms with Crippen molar-refractivity contribution in [1.82, 2.24) is 0 Å². The summed E-state index contributed by atoms with van der Waals surface area (Å²) in [7, 11) is -3.82. The van der Waals surface area contributed by atoms with E-state index < -0.39 is 33.9 Å². The lowest BCUT2D eigenvalue weighted by atomic mass is 10.0. The van der Waals surface area contributed by atoms with Gasteiger partial charge in [0.2, 0.25) is 0 Å². The molecule has 0 aliphatic rings. The number of nitrogens with two attached hydrogens (primary N) is 1. The molecule has 0 saturated heterocycles. The normalized spacial score (nSPS) is 15.6. The van der Waals surface area contributed by atoms with Crippen LogP contribution in [-0.2, 0) is 14.3 Å². The lowest BCUT2D eigenvalue weighted by molar-refractivity contribution is 0.185. The van der Waals surface area contributed by atoms with Gasteiger partial charge in [-0.2, -0.15) is 8.42 Å². The largest absolute Gasteiger partial charge is 0.325 e. The van der Waals surface area contributed by atoms with Crippen LogP contribution in [0.4, 0.5) is 8.78 Å². The highest BCUT2D eigenvalue weighted by Crippen LogP contribution is 2.25. The van der Waals surface area contributed by atoms with Crippen LogP contribution in [0.1, 0.15) is 18.6 Å². The Bertz CT molecular complexity index is 502. The first-order valence-electron chi connectivity index (χ1n) is 4.79. The van der Waals surface area contributed by atoms with Crippen molar-refractivity contribution >= 4 is 10.1 Å². The molecule has 0 saturated carbocycles. The SMILES string of the molecule is CC(N)C(OS(C)(=O)=O)c1cc(F)ccc1F. The molecule has 0 aromatic heterocycles. The first-order valence-corrected chi connectivity index (χ1v) is 6.61. The zero-order valence-corrected chi connectivity index (χ0v) is 10.2. The Morgan fingerprint density at radius 2 is 1.94 bits per heavy atom. The summed E-state index contributed by atoms with van der Waals surface area (Å²) in [6.07, 6.45) is -0.430. The number of rotatable bonds is 4. The van der Waals surface area contributed by atoms with Crippen molar-refractivity contribution in [2.45, 2.75) is 19.1 Å². The topological polar surface area (TPSA) is 69.4 Å². The summed E-state index contributed by atoms with van der Waals surface area (Å²) in [5.74, 6) is -1.46. The Kier molecular flexibility index (Phi) is 4.18. The van der Waals surface area contributed by atoms with Gasteiger partial charge in [-0.1, -0.05) is 0 Å². The molecule has 0 aliphatic heterocycles. The van der Waals surface area contributed by atoms with E-state index in [0.717, 1.165) is 24.5 Å². The Hall–Kier alpha value is -1.05. The van der Waals surface area contributed by atoms with E-state index in [-0.39, 0.29) is 5.56 Å². The number of halogens is 2. The van der Waals surface area contributed by atoms with E-state index in [9.17, 15) is 17.2 Å². The monoisotopic (exact) mass is 265 g/mol. The molecule has 2 unspecified atom stereocenters. The summed E-state index contributed by atoms with van der Waals surface area (Å²) < 4.78 is 53.2. The molecule has 0 aliphatic carbocycles. The second-order valence-corrected chi connectivity index (χ2v) is 5.35. The molecule has 0 radical (unpaired) electrons. The highest BCUT2D eigenvalue weighted by molar-refractivity contribution is 7.86. The van der Waals surface area contributed by atoms with Gasteiger partial charge in [-0.25, -0.2) is 8.78 Å². The highest BCUT2D eigenvalue weighted by atomic mass is 32.2. The molecule has 17 heavy (non-hydrogen) atoms. The zero-order valence-electron chi connectivity index (χ0n) is 9.35. The first-order chi connectivity index (χ1) is 7.70. The van der Waals surface area contributed by atoms with Gasteiger partial charge >= 0.3 is 0 Å². The van der Waals surface area contributed by atoms with E-state index in [2.05, 4.69) is 4.18 Å². The van der Waals surface area contributed by atoms with Crippen molar-refractivity contribution in [3.63, 3.8) is 0 Å². The first kappa shape index (κ1) is 14.0. The number of hydrogen-bond acceptors (Lipinski definition) is 4. The van der Waals surface area contributed by atoms with Crippen LogP contribution < -0.4 is 5.73 Å². The van der Waals surface area contributed by atoms with E-state index >= 15 is 0 Å². The Morgan fingerprint density at radius 3 is 2.41 bits per heavy atom. The van der Waals surface area contributed by atoms with Crippen molar-refractivity contribution in [1.29, 1.82) is 0 Å². The molecule has 2 atom stereocenters. The predicted molar refractivity (Wildman–Crippen MR) is 58.7 cm³/mol. The fraction of sp³-hybridized carbons (Fsp3) is 0.400. The van der Waals surface area contributed by atoms with E-state index in [0.29, 0.717) is 0 Å². The van der Waals surface area contributed by atoms with Crippen LogP contribution >= 0.6 is 0 Å². The van der Waals surface area contributed by atoms with Crippen LogP contribution in [0, 0.1) is 11.6 Å². The zero-order chi connectivity index (χ0) is 13.2. The van der Waals surface area contributed by atoms with Crippen molar-refractivity contribution in [2.24, 2.45) is 5.73 Å². The Morgan fingerprint density at radius 1 is 1.35 bits per heavy atom. The standard InChI is InChI=1S/C10H13F2NO3S/c1-6(13)10(16-17(2,14)15)8-5-7(11)3-4-9(8)12/h3-6,10H,13H2,1-2H3. The van der Waals surface area contributed by atoms with Gasteiger partial charge in [-0.3, -0.25) is 4.18 Å². The van der Waals surface area contributed by atoms with Crippen LogP contribution in [-0.4, -0.2) is 20.7 Å². The van der Waals surface area contributed by atoms with Gasteiger partial charge in [0.05, 0.1) is 6.26 Å². The van der Waals surface area contributed by atoms with Crippen molar-refractivity contribution in [3.05, 3.63) is 35.4 Å². The molecule has 0 spiro atoms. The quantitative estimate of drug-likeness (QED) is 0.834. The average Bonchev–Trinajstić information content (AvgIpc) is 2.17. The van der Waals surface area contributed by atoms with E-state index in [4.69, 9.17) is 5.73 Å². The smallest absolute Gasteiger partial charge is 0.265 e. The molecule has 0 fully saturated rings. The second kappa shape index (κ2) is 5.07. The van der Waals surface area contributed by atoms with Crippen LogP contribution in [0.15, 0.2) is 18.2 Å². The number of hydrogen-bond donors (Lipinski definition) is 1. The summed E-state index contributed by atoms with van der Waals surface area (Å²) in [4.78, 5) is 0. The van der Waals surface area contributed by atoms with Crippen LogP contribution in [0.25, 0.3) is 0 Å². The molecule has 0 bridgehead atoms. The molecule has 0 heterocycles. The minimum absolute atomic E-state index is 0.217. The predicted octanol–water partition coefficient (Wildman–Crippen LogP) is 1.33. The van der Waals surface area contributed by atoms with Crippen molar-refractivity contribution in [3.8, 4) is 0 Å². The summed E-state index contributed by atoms with van der Waals surface area (Å²) in [6.45, 7) is 1.44. The second-order valence-electron chi connectivity index (χ2n) is 3.75. The van der Waals surface area contributed by atoms with Crippen LogP contribution in [0.3, 0.4) is 0 Å². The van der Waals surface area contributed by atoms with E-state index in [1.165, 1.54) is 6.92 Å². The lowest BCUT2D eigenvalue weighted by Crippen LogP contribution is -2.29. The maximum absolute atomic E-state index is 13.5. The van der Waals surface area contributed by atoms with E-state index in [1.54, 1.807) is 0 Å². The van der Waals surface area contributed by atoms with Crippen LogP contribution in [0.5, 0.6) is 0 Å². The lowest BCUT2D eigenvalue weighted by Gasteiger charge is -2.20. The van der Waals surface area contributed by atoms with Gasteiger partial charge in [0.25, 0.3) is 10.1 Å². The van der Waals surface area contributed by atoms with Crippen molar-refractivity contribution < 1.29 is 21.4 Å². The van der Waals surface area contributed by atoms with Gasteiger partial charge in [-0.15, -0.1) is 0 Å². The summed E-state index contributed by atoms with van der Waals surface area (Å²) >= 11 is 0. The van der Waals surface area contributed by atoms with Gasteiger partial charge < -0.3 is 5.73 Å². The molecule has 0 amide bonds. The van der Waals surface area contributed by atoms with Gasteiger partial charge in [-0.05, 0) is 25.1 Å². The molecule has 4 nitrogen and oxygen atoms in total. The highest BCUT2D eigenvalue weighted by Gasteiger charge is 2.25. The van der Waals surface area contributed by atoms with Gasteiger partial charge in [0.1, 0.15) is 17.7 Å². The minimum Gasteiger partial charge on any atom is -0.325 e.